The van der Waals surface area contributed by atoms with E-state index < -0.39 is 0 Å². The van der Waals surface area contributed by atoms with Gasteiger partial charge in [-0.05, 0) is 26.3 Å². The van der Waals surface area contributed by atoms with Gasteiger partial charge in [0, 0.05) is 62.0 Å². The lowest BCUT2D eigenvalue weighted by molar-refractivity contribution is -0.138. The first-order valence-electron chi connectivity index (χ1n) is 12.4. The fourth-order valence-electron chi connectivity index (χ4n) is 5.00. The summed E-state index contributed by atoms with van der Waals surface area (Å²) in [4.78, 5) is 34.6. The molecule has 4 rings (SSSR count). The van der Waals surface area contributed by atoms with E-state index in [4.69, 9.17) is 4.74 Å². The van der Waals surface area contributed by atoms with Crippen LogP contribution in [-0.2, 0) is 22.6 Å². The van der Waals surface area contributed by atoms with Crippen molar-refractivity contribution in [3.8, 4) is 0 Å². The Labute approximate surface area is 205 Å². The summed E-state index contributed by atoms with van der Waals surface area (Å²) in [5.74, 6) is 0.474. The largest absolute Gasteiger partial charge is 0.463 e. The average Bonchev–Trinajstić information content (AvgIpc) is 2.83. The van der Waals surface area contributed by atoms with Crippen LogP contribution in [0.3, 0.4) is 0 Å². The van der Waals surface area contributed by atoms with Crippen molar-refractivity contribution in [3.63, 3.8) is 0 Å². The molecular formula is C26H34FN5O3. The van der Waals surface area contributed by atoms with Gasteiger partial charge in [-0.3, -0.25) is 9.47 Å². The van der Waals surface area contributed by atoms with Gasteiger partial charge in [0.05, 0.1) is 12.2 Å². The minimum absolute atomic E-state index is 0.196. The summed E-state index contributed by atoms with van der Waals surface area (Å²) in [7, 11) is 0. The second-order valence-electron chi connectivity index (χ2n) is 9.09. The first-order chi connectivity index (χ1) is 16.8. The van der Waals surface area contributed by atoms with Gasteiger partial charge >= 0.3 is 11.7 Å². The van der Waals surface area contributed by atoms with Gasteiger partial charge in [-0.2, -0.15) is 4.98 Å². The number of halogens is 1. The molecule has 0 bridgehead atoms. The van der Waals surface area contributed by atoms with E-state index in [1.807, 2.05) is 32.9 Å². The fraction of sp³-hybridized carbons (Fsp3) is 0.500. The van der Waals surface area contributed by atoms with Crippen LogP contribution in [0.4, 0.5) is 16.0 Å². The lowest BCUT2D eigenvalue weighted by Gasteiger charge is -2.38. The monoisotopic (exact) mass is 483 g/mol. The molecule has 9 heteroatoms. The zero-order valence-electron chi connectivity index (χ0n) is 20.9. The number of benzene rings is 1. The normalized spacial score (nSPS) is 18.3. The van der Waals surface area contributed by atoms with Crippen LogP contribution in [0, 0.1) is 5.82 Å². The van der Waals surface area contributed by atoms with E-state index in [1.54, 1.807) is 17.6 Å². The Morgan fingerprint density at radius 1 is 1.20 bits per heavy atom. The minimum Gasteiger partial charge on any atom is -0.463 e. The third-order valence-corrected chi connectivity index (χ3v) is 6.74. The summed E-state index contributed by atoms with van der Waals surface area (Å²) in [6.45, 7) is 11.7. The third kappa shape index (κ3) is 4.96. The van der Waals surface area contributed by atoms with Gasteiger partial charge in [0.15, 0.2) is 0 Å². The Bertz CT molecular complexity index is 1180. The number of allylic oxidation sites excluding steroid dienone is 1. The zero-order valence-corrected chi connectivity index (χ0v) is 20.9. The Hall–Kier alpha value is -3.20. The summed E-state index contributed by atoms with van der Waals surface area (Å²) >= 11 is 0. The van der Waals surface area contributed by atoms with E-state index in [0.29, 0.717) is 74.3 Å². The molecule has 1 unspecified atom stereocenters. The number of fused-ring (bicyclic) bond motifs is 1. The van der Waals surface area contributed by atoms with Crippen LogP contribution < -0.4 is 15.9 Å². The molecule has 2 aromatic rings. The fourth-order valence-corrected chi connectivity index (χ4v) is 5.00. The van der Waals surface area contributed by atoms with Crippen molar-refractivity contribution in [2.24, 2.45) is 0 Å². The van der Waals surface area contributed by atoms with Crippen LogP contribution in [-0.4, -0.2) is 53.2 Å². The summed E-state index contributed by atoms with van der Waals surface area (Å²) in [5, 5.41) is 3.32. The number of anilines is 2. The number of hydrogen-bond acceptors (Lipinski definition) is 7. The highest BCUT2D eigenvalue weighted by molar-refractivity contribution is 5.94. The molecular weight excluding hydrogens is 449 g/mol. The number of carbonyl (C=O) groups excluding carboxylic acids is 1. The molecule has 1 fully saturated rings. The van der Waals surface area contributed by atoms with Crippen molar-refractivity contribution in [1.82, 2.24) is 14.5 Å². The number of aromatic nitrogens is 2. The van der Waals surface area contributed by atoms with Crippen molar-refractivity contribution in [2.75, 3.05) is 43.0 Å². The Morgan fingerprint density at radius 3 is 2.57 bits per heavy atom. The van der Waals surface area contributed by atoms with Crippen LogP contribution in [0.1, 0.15) is 51.2 Å². The van der Waals surface area contributed by atoms with Gasteiger partial charge in [-0.1, -0.05) is 32.0 Å². The second kappa shape index (κ2) is 10.6. The lowest BCUT2D eigenvalue weighted by Crippen LogP contribution is -2.48. The predicted octanol–water partition coefficient (Wildman–Crippen LogP) is 3.48. The smallest absolute Gasteiger partial charge is 0.351 e. The number of hydrogen-bond donors (Lipinski definition) is 1. The van der Waals surface area contributed by atoms with Gasteiger partial charge in [0.25, 0.3) is 0 Å². The molecule has 35 heavy (non-hydrogen) atoms. The molecule has 1 N–H and O–H groups in total. The Balaban J connectivity index is 1.64. The topological polar surface area (TPSA) is 79.7 Å². The number of esters is 1. The van der Waals surface area contributed by atoms with E-state index in [1.165, 1.54) is 6.07 Å². The van der Waals surface area contributed by atoms with Gasteiger partial charge < -0.3 is 15.0 Å². The molecule has 0 amide bonds. The summed E-state index contributed by atoms with van der Waals surface area (Å²) in [6, 6.07) is 6.84. The minimum atomic E-state index is -0.357. The molecule has 0 aliphatic carbocycles. The van der Waals surface area contributed by atoms with E-state index >= 15 is 0 Å². The lowest BCUT2D eigenvalue weighted by atomic mass is 9.88. The van der Waals surface area contributed by atoms with E-state index in [2.05, 4.69) is 20.1 Å². The molecule has 8 nitrogen and oxygen atoms in total. The maximum Gasteiger partial charge on any atom is 0.351 e. The Kier molecular flexibility index (Phi) is 7.54. The van der Waals surface area contributed by atoms with Crippen LogP contribution in [0.5, 0.6) is 0 Å². The molecule has 0 radical (unpaired) electrons. The highest BCUT2D eigenvalue weighted by Crippen LogP contribution is 2.41. The first kappa shape index (κ1) is 24.9. The highest BCUT2D eigenvalue weighted by Gasteiger charge is 2.35. The van der Waals surface area contributed by atoms with Crippen molar-refractivity contribution < 1.29 is 13.9 Å². The standard InChI is InChI=1S/C26H34FN5O3/c1-5-11-32-24-22(17(3)21(18(4)28-24)25(33)35-6-2)23(29-26(32)34)31-14-12-30(13-15-31)16-19-9-7-8-10-20(19)27/h7-10,17,28H,5-6,11-16H2,1-4H3. The molecule has 188 valence electrons. The number of ether oxygens (including phenoxy) is 1. The third-order valence-electron chi connectivity index (χ3n) is 6.74. The van der Waals surface area contributed by atoms with E-state index in [0.717, 1.165) is 12.0 Å². The van der Waals surface area contributed by atoms with Gasteiger partial charge in [-0.15, -0.1) is 0 Å². The molecule has 0 saturated carbocycles. The average molecular weight is 484 g/mol. The summed E-state index contributed by atoms with van der Waals surface area (Å²) < 4.78 is 21.1. The SMILES string of the molecule is CCCn1c2c(c(N3CCN(Cc4ccccc4F)CC3)nc1=O)C(C)C(C(=O)OCC)=C(C)N2. The van der Waals surface area contributed by atoms with Gasteiger partial charge in [0.1, 0.15) is 17.5 Å². The molecule has 2 aliphatic rings. The van der Waals surface area contributed by atoms with E-state index in [9.17, 15) is 14.0 Å². The summed E-state index contributed by atoms with van der Waals surface area (Å²) in [5.41, 5.74) is 2.47. The maximum atomic E-state index is 14.1. The molecule has 0 spiro atoms. The predicted molar refractivity (Wildman–Crippen MR) is 134 cm³/mol. The van der Waals surface area contributed by atoms with Crippen molar-refractivity contribution >= 4 is 17.6 Å². The zero-order chi connectivity index (χ0) is 25.1. The van der Waals surface area contributed by atoms with Crippen LogP contribution in [0.25, 0.3) is 0 Å². The number of rotatable bonds is 7. The van der Waals surface area contributed by atoms with Crippen molar-refractivity contribution in [1.29, 1.82) is 0 Å². The maximum absolute atomic E-state index is 14.1. The van der Waals surface area contributed by atoms with Crippen LogP contribution >= 0.6 is 0 Å². The summed E-state index contributed by atoms with van der Waals surface area (Å²) in [6.07, 6.45) is 0.783. The van der Waals surface area contributed by atoms with Gasteiger partial charge in [-0.25, -0.2) is 14.0 Å². The van der Waals surface area contributed by atoms with Crippen LogP contribution in [0.2, 0.25) is 0 Å². The number of carbonyl (C=O) groups is 1. The first-order valence-corrected chi connectivity index (χ1v) is 12.4. The second-order valence-corrected chi connectivity index (χ2v) is 9.09. The number of nitrogens with zero attached hydrogens (tertiary/aromatic N) is 4. The molecule has 1 atom stereocenters. The Morgan fingerprint density at radius 2 is 1.91 bits per heavy atom. The van der Waals surface area contributed by atoms with Gasteiger partial charge in [0.2, 0.25) is 0 Å². The molecule has 2 aliphatic heterocycles. The van der Waals surface area contributed by atoms with Crippen molar-refractivity contribution in [2.45, 2.75) is 53.1 Å². The molecule has 1 aromatic carbocycles. The molecule has 1 saturated heterocycles. The van der Waals surface area contributed by atoms with Crippen LogP contribution in [0.15, 0.2) is 40.3 Å². The van der Waals surface area contributed by atoms with Crippen molar-refractivity contribution in [3.05, 3.63) is 63.0 Å². The number of piperazine rings is 1. The highest BCUT2D eigenvalue weighted by atomic mass is 19.1. The molecule has 3 heterocycles. The number of nitrogens with one attached hydrogen (secondary N) is 1. The quantitative estimate of drug-likeness (QED) is 0.604. The molecule has 1 aromatic heterocycles. The van der Waals surface area contributed by atoms with E-state index in [-0.39, 0.29) is 23.4 Å².